The van der Waals surface area contributed by atoms with Gasteiger partial charge >= 0.3 is 0 Å². The summed E-state index contributed by atoms with van der Waals surface area (Å²) in [4.78, 5) is 2.49. The second-order valence-electron chi connectivity index (χ2n) is 5.26. The highest BCUT2D eigenvalue weighted by Gasteiger charge is 2.23. The molecule has 0 bridgehead atoms. The molecule has 3 heteroatoms. The maximum absolute atomic E-state index is 6.05. The molecule has 0 aromatic heterocycles. The van der Waals surface area contributed by atoms with Crippen LogP contribution in [0.25, 0.3) is 0 Å². The number of alkyl halides is 1. The molecule has 2 atom stereocenters. The summed E-state index contributed by atoms with van der Waals surface area (Å²) in [5.74, 6) is 2.12. The molecule has 1 aliphatic rings. The zero-order chi connectivity index (χ0) is 12.4. The van der Waals surface area contributed by atoms with Crippen molar-refractivity contribution in [3.63, 3.8) is 0 Å². The Morgan fingerprint density at radius 2 is 1.94 bits per heavy atom. The van der Waals surface area contributed by atoms with Crippen LogP contribution in [0.1, 0.15) is 25.8 Å². The van der Waals surface area contributed by atoms with Crippen molar-refractivity contribution in [1.29, 1.82) is 0 Å². The number of hydrogen-bond acceptors (Lipinski definition) is 1. The fourth-order valence-electron chi connectivity index (χ4n) is 2.83. The lowest BCUT2D eigenvalue weighted by atomic mass is 9.91. The van der Waals surface area contributed by atoms with Crippen molar-refractivity contribution in [2.24, 2.45) is 11.8 Å². The Balaban J connectivity index is 2.26. The maximum Gasteiger partial charge on any atom is 0.0494 e. The van der Waals surface area contributed by atoms with Crippen LogP contribution in [0, 0.1) is 11.8 Å². The van der Waals surface area contributed by atoms with Crippen LogP contribution in [0.15, 0.2) is 22.7 Å². The molecule has 2 rings (SSSR count). The van der Waals surface area contributed by atoms with Crippen molar-refractivity contribution in [3.8, 4) is 0 Å². The van der Waals surface area contributed by atoms with E-state index in [1.54, 1.807) is 0 Å². The van der Waals surface area contributed by atoms with Gasteiger partial charge in [0, 0.05) is 29.1 Å². The standard InChI is InChI=1S/C14H19BrClN/c1-10-5-11(2)9-17(8-10)14-4-3-13(15)6-12(14)7-16/h3-4,6,10-11H,5,7-9H2,1-2H3. The van der Waals surface area contributed by atoms with Gasteiger partial charge in [-0.1, -0.05) is 29.8 Å². The minimum absolute atomic E-state index is 0.577. The molecule has 1 aromatic rings. The first-order valence-electron chi connectivity index (χ1n) is 6.19. The Morgan fingerprint density at radius 1 is 1.29 bits per heavy atom. The molecule has 1 heterocycles. The first kappa shape index (κ1) is 13.2. The Kier molecular flexibility index (Phi) is 4.37. The summed E-state index contributed by atoms with van der Waals surface area (Å²) < 4.78 is 1.11. The molecular weight excluding hydrogens is 298 g/mol. The molecule has 1 fully saturated rings. The predicted molar refractivity (Wildman–Crippen MR) is 78.9 cm³/mol. The van der Waals surface area contributed by atoms with Crippen molar-refractivity contribution in [2.75, 3.05) is 18.0 Å². The van der Waals surface area contributed by atoms with Crippen LogP contribution in [-0.2, 0) is 5.88 Å². The van der Waals surface area contributed by atoms with Crippen LogP contribution >= 0.6 is 27.5 Å². The Hall–Kier alpha value is -0.210. The number of halogens is 2. The van der Waals surface area contributed by atoms with Crippen LogP contribution in [0.4, 0.5) is 5.69 Å². The second-order valence-corrected chi connectivity index (χ2v) is 6.44. The van der Waals surface area contributed by atoms with Gasteiger partial charge < -0.3 is 4.90 Å². The Labute approximate surface area is 117 Å². The van der Waals surface area contributed by atoms with Crippen LogP contribution in [0.5, 0.6) is 0 Å². The van der Waals surface area contributed by atoms with E-state index in [2.05, 4.69) is 52.9 Å². The third-order valence-electron chi connectivity index (χ3n) is 3.40. The molecule has 0 radical (unpaired) electrons. The highest BCUT2D eigenvalue weighted by Crippen LogP contribution is 2.31. The SMILES string of the molecule is CC1CC(C)CN(c2ccc(Br)cc2CCl)C1. The van der Waals surface area contributed by atoms with Gasteiger partial charge in [-0.25, -0.2) is 0 Å². The molecule has 0 N–H and O–H groups in total. The lowest BCUT2D eigenvalue weighted by Gasteiger charge is -2.37. The highest BCUT2D eigenvalue weighted by atomic mass is 79.9. The van der Waals surface area contributed by atoms with E-state index in [1.807, 2.05) is 0 Å². The summed E-state index contributed by atoms with van der Waals surface area (Å²) in [6, 6.07) is 6.42. The summed E-state index contributed by atoms with van der Waals surface area (Å²) in [7, 11) is 0. The van der Waals surface area contributed by atoms with Gasteiger partial charge in [-0.05, 0) is 42.0 Å². The van der Waals surface area contributed by atoms with Gasteiger partial charge in [0.05, 0.1) is 0 Å². The second kappa shape index (κ2) is 5.62. The predicted octanol–water partition coefficient (Wildman–Crippen LogP) is 4.67. The average molecular weight is 317 g/mol. The largest absolute Gasteiger partial charge is 0.371 e. The van der Waals surface area contributed by atoms with Gasteiger partial charge in [0.15, 0.2) is 0 Å². The number of piperidine rings is 1. The van der Waals surface area contributed by atoms with Crippen LogP contribution in [-0.4, -0.2) is 13.1 Å². The van der Waals surface area contributed by atoms with E-state index in [0.29, 0.717) is 5.88 Å². The molecule has 2 unspecified atom stereocenters. The molecular formula is C14H19BrClN. The van der Waals surface area contributed by atoms with E-state index < -0.39 is 0 Å². The smallest absolute Gasteiger partial charge is 0.0494 e. The van der Waals surface area contributed by atoms with Crippen molar-refractivity contribution in [3.05, 3.63) is 28.2 Å². The van der Waals surface area contributed by atoms with Gasteiger partial charge in [0.2, 0.25) is 0 Å². The number of benzene rings is 1. The molecule has 94 valence electrons. The zero-order valence-electron chi connectivity index (χ0n) is 10.4. The third kappa shape index (κ3) is 3.17. The monoisotopic (exact) mass is 315 g/mol. The van der Waals surface area contributed by atoms with Crippen molar-refractivity contribution < 1.29 is 0 Å². The van der Waals surface area contributed by atoms with E-state index in [0.717, 1.165) is 29.4 Å². The third-order valence-corrected chi connectivity index (χ3v) is 4.18. The topological polar surface area (TPSA) is 3.24 Å². The van der Waals surface area contributed by atoms with Gasteiger partial charge in [-0.15, -0.1) is 11.6 Å². The first-order chi connectivity index (χ1) is 8.10. The van der Waals surface area contributed by atoms with E-state index in [1.165, 1.54) is 17.7 Å². The zero-order valence-corrected chi connectivity index (χ0v) is 12.8. The van der Waals surface area contributed by atoms with E-state index in [9.17, 15) is 0 Å². The summed E-state index contributed by atoms with van der Waals surface area (Å²) in [5.41, 5.74) is 2.53. The lowest BCUT2D eigenvalue weighted by molar-refractivity contribution is 0.356. The Morgan fingerprint density at radius 3 is 2.53 bits per heavy atom. The number of nitrogens with zero attached hydrogens (tertiary/aromatic N) is 1. The van der Waals surface area contributed by atoms with E-state index >= 15 is 0 Å². The summed E-state index contributed by atoms with van der Waals surface area (Å²) >= 11 is 9.56. The number of rotatable bonds is 2. The fraction of sp³-hybridized carbons (Fsp3) is 0.571. The average Bonchev–Trinajstić information content (AvgIpc) is 2.27. The van der Waals surface area contributed by atoms with Gasteiger partial charge in [-0.2, -0.15) is 0 Å². The van der Waals surface area contributed by atoms with Gasteiger partial charge in [0.25, 0.3) is 0 Å². The number of hydrogen-bond donors (Lipinski definition) is 0. The molecule has 0 amide bonds. The molecule has 0 spiro atoms. The van der Waals surface area contributed by atoms with Crippen molar-refractivity contribution in [1.82, 2.24) is 0 Å². The number of anilines is 1. The quantitative estimate of drug-likeness (QED) is 0.717. The summed E-state index contributed by atoms with van der Waals surface area (Å²) in [5, 5.41) is 0. The minimum Gasteiger partial charge on any atom is -0.371 e. The van der Waals surface area contributed by atoms with Crippen molar-refractivity contribution in [2.45, 2.75) is 26.1 Å². The van der Waals surface area contributed by atoms with Gasteiger partial charge in [-0.3, -0.25) is 0 Å². The van der Waals surface area contributed by atoms with Crippen LogP contribution < -0.4 is 4.90 Å². The normalized spacial score (nSPS) is 25.1. The van der Waals surface area contributed by atoms with Crippen molar-refractivity contribution >= 4 is 33.2 Å². The Bertz CT molecular complexity index is 384. The molecule has 0 aliphatic carbocycles. The first-order valence-corrected chi connectivity index (χ1v) is 7.52. The lowest BCUT2D eigenvalue weighted by Crippen LogP contribution is -2.39. The van der Waals surface area contributed by atoms with Crippen LogP contribution in [0.2, 0.25) is 0 Å². The van der Waals surface area contributed by atoms with E-state index in [4.69, 9.17) is 11.6 Å². The molecule has 1 aliphatic heterocycles. The summed E-state index contributed by atoms with van der Waals surface area (Å²) in [6.45, 7) is 6.97. The van der Waals surface area contributed by atoms with Crippen LogP contribution in [0.3, 0.4) is 0 Å². The molecule has 1 aromatic carbocycles. The molecule has 1 saturated heterocycles. The highest BCUT2D eigenvalue weighted by molar-refractivity contribution is 9.10. The fourth-order valence-corrected chi connectivity index (χ4v) is 3.45. The maximum atomic E-state index is 6.05. The van der Waals surface area contributed by atoms with Gasteiger partial charge in [0.1, 0.15) is 0 Å². The summed E-state index contributed by atoms with van der Waals surface area (Å²) in [6.07, 6.45) is 1.34. The minimum atomic E-state index is 0.577. The molecule has 0 saturated carbocycles. The molecule has 17 heavy (non-hydrogen) atoms. The molecule has 1 nitrogen and oxygen atoms in total. The van der Waals surface area contributed by atoms with E-state index in [-0.39, 0.29) is 0 Å².